The highest BCUT2D eigenvalue weighted by molar-refractivity contribution is 5.83. The van der Waals surface area contributed by atoms with Gasteiger partial charge in [0.05, 0.1) is 0 Å². The number of rotatable bonds is 1. The molecule has 2 aromatic rings. The summed E-state index contributed by atoms with van der Waals surface area (Å²) in [5.41, 5.74) is 7.24. The number of halogens is 1. The number of benzene rings is 2. The van der Waals surface area contributed by atoms with E-state index in [1.54, 1.807) is 6.07 Å². The first-order valence-corrected chi connectivity index (χ1v) is 6.17. The number of hydrogen-bond acceptors (Lipinski definition) is 1. The highest BCUT2D eigenvalue weighted by Gasteiger charge is 2.31. The van der Waals surface area contributed by atoms with E-state index >= 15 is 0 Å². The van der Waals surface area contributed by atoms with Gasteiger partial charge in [-0.15, -0.1) is 0 Å². The van der Waals surface area contributed by atoms with E-state index in [0.717, 1.165) is 23.8 Å². The second-order valence-electron chi connectivity index (χ2n) is 5.04. The van der Waals surface area contributed by atoms with Crippen molar-refractivity contribution in [1.82, 2.24) is 0 Å². The quantitative estimate of drug-likeness (QED) is 0.792. The average Bonchev–Trinajstić information content (AvgIpc) is 2.78. The summed E-state index contributed by atoms with van der Waals surface area (Å²) in [6.45, 7) is 0. The minimum atomic E-state index is -0.240. The zero-order valence-corrected chi connectivity index (χ0v) is 9.75. The van der Waals surface area contributed by atoms with Gasteiger partial charge < -0.3 is 5.73 Å². The molecule has 0 bridgehead atoms. The summed E-state index contributed by atoms with van der Waals surface area (Å²) in [6.07, 6.45) is 4.36. The van der Waals surface area contributed by atoms with Crippen LogP contribution in [0, 0.1) is 5.82 Å². The van der Waals surface area contributed by atoms with Gasteiger partial charge >= 0.3 is 0 Å². The first-order chi connectivity index (χ1) is 8.19. The molecule has 1 saturated carbocycles. The highest BCUT2D eigenvalue weighted by Crippen LogP contribution is 2.37. The van der Waals surface area contributed by atoms with E-state index in [0.29, 0.717) is 5.39 Å². The van der Waals surface area contributed by atoms with Crippen molar-refractivity contribution in [3.8, 4) is 0 Å². The lowest BCUT2D eigenvalue weighted by Gasteiger charge is -2.24. The van der Waals surface area contributed by atoms with Gasteiger partial charge in [0.1, 0.15) is 5.82 Å². The van der Waals surface area contributed by atoms with Crippen LogP contribution >= 0.6 is 0 Å². The molecule has 0 unspecified atom stereocenters. The molecule has 17 heavy (non-hydrogen) atoms. The average molecular weight is 229 g/mol. The molecule has 0 atom stereocenters. The van der Waals surface area contributed by atoms with Gasteiger partial charge in [0.25, 0.3) is 0 Å². The molecule has 1 fully saturated rings. The molecule has 2 aromatic carbocycles. The largest absolute Gasteiger partial charge is 0.321 e. The Bertz CT molecular complexity index is 556. The Morgan fingerprint density at radius 1 is 1.06 bits per heavy atom. The van der Waals surface area contributed by atoms with Crippen LogP contribution in [0.4, 0.5) is 4.39 Å². The van der Waals surface area contributed by atoms with Crippen LogP contribution in [-0.2, 0) is 5.54 Å². The lowest BCUT2D eigenvalue weighted by molar-refractivity contribution is 0.462. The van der Waals surface area contributed by atoms with Gasteiger partial charge in [-0.05, 0) is 35.9 Å². The predicted octanol–water partition coefficient (Wildman–Crippen LogP) is 3.71. The van der Waals surface area contributed by atoms with Gasteiger partial charge in [-0.1, -0.05) is 37.1 Å². The van der Waals surface area contributed by atoms with Crippen LogP contribution in [-0.4, -0.2) is 0 Å². The lowest BCUT2D eigenvalue weighted by atomic mass is 9.88. The molecule has 1 aliphatic rings. The molecular formula is C15H16FN. The summed E-state index contributed by atoms with van der Waals surface area (Å²) in [5, 5.41) is 1.62. The Morgan fingerprint density at radius 2 is 1.82 bits per heavy atom. The molecule has 0 spiro atoms. The van der Waals surface area contributed by atoms with Gasteiger partial charge in [0.15, 0.2) is 0 Å². The van der Waals surface area contributed by atoms with Crippen molar-refractivity contribution >= 4 is 10.8 Å². The molecule has 88 valence electrons. The van der Waals surface area contributed by atoms with Gasteiger partial charge in [0.2, 0.25) is 0 Å². The van der Waals surface area contributed by atoms with Crippen LogP contribution in [0.5, 0.6) is 0 Å². The Labute approximate surface area is 100 Å². The minimum absolute atomic E-state index is 0.161. The fraction of sp³-hybridized carbons (Fsp3) is 0.333. The Kier molecular flexibility index (Phi) is 2.40. The zero-order valence-electron chi connectivity index (χ0n) is 9.75. The SMILES string of the molecule is NC1(c2ccc3cccc(F)c3c2)CCCC1. The van der Waals surface area contributed by atoms with E-state index < -0.39 is 0 Å². The monoisotopic (exact) mass is 229 g/mol. The van der Waals surface area contributed by atoms with E-state index in [2.05, 4.69) is 0 Å². The summed E-state index contributed by atoms with van der Waals surface area (Å²) in [7, 11) is 0. The van der Waals surface area contributed by atoms with Crippen molar-refractivity contribution in [3.05, 3.63) is 47.8 Å². The normalized spacial score (nSPS) is 18.7. The van der Waals surface area contributed by atoms with Crippen molar-refractivity contribution in [1.29, 1.82) is 0 Å². The molecular weight excluding hydrogens is 213 g/mol. The van der Waals surface area contributed by atoms with Crippen LogP contribution in [0.3, 0.4) is 0 Å². The number of hydrogen-bond donors (Lipinski definition) is 1. The summed E-state index contributed by atoms with van der Waals surface area (Å²) < 4.78 is 13.7. The first-order valence-electron chi connectivity index (χ1n) is 6.17. The lowest BCUT2D eigenvalue weighted by Crippen LogP contribution is -2.32. The zero-order chi connectivity index (χ0) is 11.9. The van der Waals surface area contributed by atoms with Crippen molar-refractivity contribution in [2.45, 2.75) is 31.2 Å². The molecule has 1 aliphatic carbocycles. The van der Waals surface area contributed by atoms with Gasteiger partial charge in [-0.2, -0.15) is 0 Å². The highest BCUT2D eigenvalue weighted by atomic mass is 19.1. The topological polar surface area (TPSA) is 26.0 Å². The first kappa shape index (κ1) is 10.7. The Balaban J connectivity index is 2.16. The van der Waals surface area contributed by atoms with Crippen molar-refractivity contribution < 1.29 is 4.39 Å². The van der Waals surface area contributed by atoms with Crippen LogP contribution < -0.4 is 5.73 Å². The van der Waals surface area contributed by atoms with Gasteiger partial charge in [-0.3, -0.25) is 0 Å². The maximum Gasteiger partial charge on any atom is 0.131 e. The fourth-order valence-corrected chi connectivity index (χ4v) is 2.84. The van der Waals surface area contributed by atoms with Crippen molar-refractivity contribution in [3.63, 3.8) is 0 Å². The second kappa shape index (κ2) is 3.81. The second-order valence-corrected chi connectivity index (χ2v) is 5.04. The smallest absolute Gasteiger partial charge is 0.131 e. The van der Waals surface area contributed by atoms with Crippen molar-refractivity contribution in [2.24, 2.45) is 5.73 Å². The maximum absolute atomic E-state index is 13.7. The van der Waals surface area contributed by atoms with E-state index in [-0.39, 0.29) is 11.4 Å². The van der Waals surface area contributed by atoms with Crippen LogP contribution in [0.15, 0.2) is 36.4 Å². The molecule has 1 nitrogen and oxygen atoms in total. The summed E-state index contributed by atoms with van der Waals surface area (Å²) in [6, 6.07) is 11.1. The Hall–Kier alpha value is -1.41. The van der Waals surface area contributed by atoms with Gasteiger partial charge in [-0.25, -0.2) is 4.39 Å². The molecule has 0 aromatic heterocycles. The van der Waals surface area contributed by atoms with E-state index in [4.69, 9.17) is 5.73 Å². The molecule has 2 heteroatoms. The van der Waals surface area contributed by atoms with Gasteiger partial charge in [0, 0.05) is 10.9 Å². The van der Waals surface area contributed by atoms with Crippen molar-refractivity contribution in [2.75, 3.05) is 0 Å². The third-order valence-electron chi connectivity index (χ3n) is 3.90. The van der Waals surface area contributed by atoms with Crippen LogP contribution in [0.25, 0.3) is 10.8 Å². The van der Waals surface area contributed by atoms with Crippen LogP contribution in [0.2, 0.25) is 0 Å². The minimum Gasteiger partial charge on any atom is -0.321 e. The van der Waals surface area contributed by atoms with E-state index in [1.807, 2.05) is 24.3 Å². The van der Waals surface area contributed by atoms with E-state index in [9.17, 15) is 4.39 Å². The maximum atomic E-state index is 13.7. The molecule has 0 heterocycles. The Morgan fingerprint density at radius 3 is 2.59 bits per heavy atom. The molecule has 3 rings (SSSR count). The van der Waals surface area contributed by atoms with Crippen LogP contribution in [0.1, 0.15) is 31.2 Å². The molecule has 0 saturated heterocycles. The number of fused-ring (bicyclic) bond motifs is 1. The number of nitrogens with two attached hydrogens (primary N) is 1. The molecule has 2 N–H and O–H groups in total. The fourth-order valence-electron chi connectivity index (χ4n) is 2.84. The standard InChI is InChI=1S/C15H16FN/c16-14-5-3-4-11-6-7-12(10-13(11)14)15(17)8-1-2-9-15/h3-7,10H,1-2,8-9,17H2. The summed E-state index contributed by atoms with van der Waals surface area (Å²) in [4.78, 5) is 0. The molecule has 0 amide bonds. The third-order valence-corrected chi connectivity index (χ3v) is 3.90. The summed E-state index contributed by atoms with van der Waals surface area (Å²) >= 11 is 0. The predicted molar refractivity (Wildman–Crippen MR) is 68.2 cm³/mol. The third kappa shape index (κ3) is 1.73. The molecule has 0 radical (unpaired) electrons. The molecule has 0 aliphatic heterocycles. The van der Waals surface area contributed by atoms with E-state index in [1.165, 1.54) is 18.9 Å². The summed E-state index contributed by atoms with van der Waals surface area (Å²) in [5.74, 6) is -0.161.